The molecule has 4 nitrogen and oxygen atoms in total. The molecule has 0 spiro atoms. The van der Waals surface area contributed by atoms with Crippen molar-refractivity contribution in [2.75, 3.05) is 14.2 Å². The maximum atomic E-state index is 11.5. The first-order valence-electron chi connectivity index (χ1n) is 5.57. The molecule has 6 heteroatoms. The predicted octanol–water partition coefficient (Wildman–Crippen LogP) is 3.72. The fraction of sp³-hybridized carbons (Fsp3) is 0.143. The lowest BCUT2D eigenvalue weighted by Crippen LogP contribution is -2.03. The number of rotatable bonds is 2. The summed E-state index contributed by atoms with van der Waals surface area (Å²) in [6.07, 6.45) is 0. The largest absolute Gasteiger partial charge is 0.465 e. The van der Waals surface area contributed by atoms with Crippen LogP contribution in [0.15, 0.2) is 24.3 Å². The molecular formula is C14H10Cl2O4. The van der Waals surface area contributed by atoms with Gasteiger partial charge in [0.2, 0.25) is 0 Å². The number of hydrogen-bond acceptors (Lipinski definition) is 4. The van der Waals surface area contributed by atoms with Gasteiger partial charge in [-0.15, -0.1) is 0 Å². The van der Waals surface area contributed by atoms with E-state index in [-0.39, 0.29) is 11.1 Å². The van der Waals surface area contributed by atoms with Gasteiger partial charge in [0.05, 0.1) is 25.3 Å². The zero-order valence-corrected chi connectivity index (χ0v) is 12.2. The van der Waals surface area contributed by atoms with Crippen LogP contribution in [0, 0.1) is 0 Å². The predicted molar refractivity (Wildman–Crippen MR) is 76.6 cm³/mol. The Bertz CT molecular complexity index is 649. The minimum atomic E-state index is -0.512. The zero-order valence-electron chi connectivity index (χ0n) is 10.7. The van der Waals surface area contributed by atoms with Crippen LogP contribution in [-0.2, 0) is 9.47 Å². The molecular weight excluding hydrogens is 303 g/mol. The summed E-state index contributed by atoms with van der Waals surface area (Å²) in [5.41, 5.74) is 0.579. The Labute approximate surface area is 125 Å². The second-order valence-electron chi connectivity index (χ2n) is 3.99. The van der Waals surface area contributed by atoms with Crippen LogP contribution >= 0.6 is 23.2 Å². The molecule has 0 aliphatic rings. The van der Waals surface area contributed by atoms with E-state index in [0.717, 1.165) is 0 Å². The van der Waals surface area contributed by atoms with Crippen molar-refractivity contribution in [2.24, 2.45) is 0 Å². The first-order chi connectivity index (χ1) is 9.47. The summed E-state index contributed by atoms with van der Waals surface area (Å²) in [5, 5.41) is 1.73. The molecule has 2 aromatic rings. The number of halogens is 2. The van der Waals surface area contributed by atoms with E-state index in [1.807, 2.05) is 0 Å². The number of hydrogen-bond donors (Lipinski definition) is 0. The summed E-state index contributed by atoms with van der Waals surface area (Å²) in [6, 6.07) is 6.06. The molecule has 0 bridgehead atoms. The van der Waals surface area contributed by atoms with E-state index >= 15 is 0 Å². The van der Waals surface area contributed by atoms with Crippen molar-refractivity contribution in [1.29, 1.82) is 0 Å². The lowest BCUT2D eigenvalue weighted by molar-refractivity contribution is 0.0591. The van der Waals surface area contributed by atoms with Crippen molar-refractivity contribution in [3.8, 4) is 0 Å². The van der Waals surface area contributed by atoms with E-state index in [1.165, 1.54) is 26.4 Å². The van der Waals surface area contributed by atoms with Crippen molar-refractivity contribution in [3.05, 3.63) is 45.4 Å². The van der Waals surface area contributed by atoms with Gasteiger partial charge < -0.3 is 9.47 Å². The fourth-order valence-corrected chi connectivity index (χ4v) is 2.39. The third-order valence-corrected chi connectivity index (χ3v) is 3.44. The highest BCUT2D eigenvalue weighted by Crippen LogP contribution is 2.32. The van der Waals surface area contributed by atoms with Crippen LogP contribution in [0.2, 0.25) is 10.0 Å². The lowest BCUT2D eigenvalue weighted by Gasteiger charge is -2.08. The quantitative estimate of drug-likeness (QED) is 0.793. The zero-order chi connectivity index (χ0) is 14.9. The van der Waals surface area contributed by atoms with Crippen molar-refractivity contribution >= 4 is 45.9 Å². The van der Waals surface area contributed by atoms with Gasteiger partial charge >= 0.3 is 11.9 Å². The second kappa shape index (κ2) is 5.69. The number of esters is 2. The lowest BCUT2D eigenvalue weighted by atomic mass is 10.0. The van der Waals surface area contributed by atoms with Crippen LogP contribution in [-0.4, -0.2) is 26.2 Å². The van der Waals surface area contributed by atoms with Crippen LogP contribution in [0.4, 0.5) is 0 Å². The van der Waals surface area contributed by atoms with Crippen LogP contribution < -0.4 is 0 Å². The molecule has 0 unspecified atom stereocenters. The van der Waals surface area contributed by atoms with Gasteiger partial charge in [-0.05, 0) is 24.3 Å². The van der Waals surface area contributed by atoms with Crippen molar-refractivity contribution in [2.45, 2.75) is 0 Å². The van der Waals surface area contributed by atoms with E-state index in [2.05, 4.69) is 9.47 Å². The molecule has 0 N–H and O–H groups in total. The molecule has 0 saturated heterocycles. The number of ether oxygens (including phenoxy) is 2. The Kier molecular flexibility index (Phi) is 4.16. The normalized spacial score (nSPS) is 10.4. The van der Waals surface area contributed by atoms with Gasteiger partial charge in [-0.1, -0.05) is 23.2 Å². The van der Waals surface area contributed by atoms with E-state index in [9.17, 15) is 9.59 Å². The minimum Gasteiger partial charge on any atom is -0.465 e. The molecule has 2 rings (SSSR count). The summed E-state index contributed by atoms with van der Waals surface area (Å²) >= 11 is 12.3. The molecule has 0 atom stereocenters. The number of fused-ring (bicyclic) bond motifs is 1. The maximum Gasteiger partial charge on any atom is 0.337 e. The SMILES string of the molecule is COC(=O)c1cc(Cl)c2cc(C(=O)OC)cc(Cl)c2c1. The number of carbonyl (C=O) groups excluding carboxylic acids is 2. The summed E-state index contributed by atoms with van der Waals surface area (Å²) in [4.78, 5) is 23.1. The van der Waals surface area contributed by atoms with E-state index in [4.69, 9.17) is 23.2 Å². The fourth-order valence-electron chi connectivity index (χ4n) is 1.84. The smallest absolute Gasteiger partial charge is 0.337 e. The van der Waals surface area contributed by atoms with Crippen molar-refractivity contribution < 1.29 is 19.1 Å². The number of methoxy groups -OCH3 is 2. The molecule has 0 fully saturated rings. The Morgan fingerprint density at radius 3 is 1.45 bits per heavy atom. The molecule has 0 radical (unpaired) electrons. The van der Waals surface area contributed by atoms with Crippen molar-refractivity contribution in [1.82, 2.24) is 0 Å². The number of carbonyl (C=O) groups is 2. The number of benzene rings is 2. The second-order valence-corrected chi connectivity index (χ2v) is 4.81. The first-order valence-corrected chi connectivity index (χ1v) is 6.33. The molecule has 0 aliphatic heterocycles. The van der Waals surface area contributed by atoms with Crippen LogP contribution in [0.5, 0.6) is 0 Å². The average molecular weight is 313 g/mol. The Hall–Kier alpha value is -1.78. The third-order valence-electron chi connectivity index (χ3n) is 2.81. The van der Waals surface area contributed by atoms with E-state index < -0.39 is 11.9 Å². The first kappa shape index (κ1) is 14.6. The molecule has 20 heavy (non-hydrogen) atoms. The Morgan fingerprint density at radius 2 is 1.15 bits per heavy atom. The van der Waals surface area contributed by atoms with Crippen molar-refractivity contribution in [3.63, 3.8) is 0 Å². The van der Waals surface area contributed by atoms with Gasteiger partial charge in [0, 0.05) is 20.8 Å². The van der Waals surface area contributed by atoms with E-state index in [0.29, 0.717) is 20.8 Å². The van der Waals surface area contributed by atoms with Gasteiger partial charge in [0.1, 0.15) is 0 Å². The van der Waals surface area contributed by atoms with Gasteiger partial charge in [-0.2, -0.15) is 0 Å². The molecule has 0 amide bonds. The molecule has 0 heterocycles. The molecule has 0 aromatic heterocycles. The summed E-state index contributed by atoms with van der Waals surface area (Å²) in [7, 11) is 2.56. The molecule has 0 aliphatic carbocycles. The minimum absolute atomic E-state index is 0.290. The summed E-state index contributed by atoms with van der Waals surface area (Å²) < 4.78 is 9.29. The summed E-state index contributed by atoms with van der Waals surface area (Å²) in [6.45, 7) is 0. The third kappa shape index (κ3) is 2.57. The highest BCUT2D eigenvalue weighted by Gasteiger charge is 2.15. The van der Waals surface area contributed by atoms with Gasteiger partial charge in [0.15, 0.2) is 0 Å². The van der Waals surface area contributed by atoms with Crippen LogP contribution in [0.3, 0.4) is 0 Å². The standard InChI is InChI=1S/C14H10Cl2O4/c1-19-13(17)7-3-9-10(11(15)5-7)4-8(6-12(9)16)14(18)20-2/h3-6H,1-2H3. The highest BCUT2D eigenvalue weighted by molar-refractivity contribution is 6.40. The van der Waals surface area contributed by atoms with Gasteiger partial charge in [-0.25, -0.2) is 9.59 Å². The average Bonchev–Trinajstić information content (AvgIpc) is 2.45. The summed E-state index contributed by atoms with van der Waals surface area (Å²) in [5.74, 6) is -1.02. The molecule has 2 aromatic carbocycles. The van der Waals surface area contributed by atoms with Gasteiger partial charge in [-0.3, -0.25) is 0 Å². The maximum absolute atomic E-state index is 11.5. The highest BCUT2D eigenvalue weighted by atomic mass is 35.5. The molecule has 0 saturated carbocycles. The topological polar surface area (TPSA) is 52.6 Å². The van der Waals surface area contributed by atoms with Crippen LogP contribution in [0.25, 0.3) is 10.8 Å². The van der Waals surface area contributed by atoms with Crippen LogP contribution in [0.1, 0.15) is 20.7 Å². The Morgan fingerprint density at radius 1 is 0.800 bits per heavy atom. The Balaban J connectivity index is 2.71. The van der Waals surface area contributed by atoms with Gasteiger partial charge in [0.25, 0.3) is 0 Å². The monoisotopic (exact) mass is 312 g/mol. The molecule has 104 valence electrons. The van der Waals surface area contributed by atoms with E-state index in [1.54, 1.807) is 12.1 Å².